The molecule has 1 aliphatic heterocycles. The Bertz CT molecular complexity index is 1190. The molecule has 3 heterocycles. The van der Waals surface area contributed by atoms with Gasteiger partial charge in [0.05, 0.1) is 19.2 Å². The summed E-state index contributed by atoms with van der Waals surface area (Å²) in [6.07, 6.45) is 6.06. The van der Waals surface area contributed by atoms with Crippen LogP contribution in [0.1, 0.15) is 49.5 Å². The molecule has 3 aromatic rings. The lowest BCUT2D eigenvalue weighted by atomic mass is 9.79. The van der Waals surface area contributed by atoms with Gasteiger partial charge in [-0.2, -0.15) is 0 Å². The first-order valence-electron chi connectivity index (χ1n) is 11.9. The normalized spacial score (nSPS) is 19.1. The van der Waals surface area contributed by atoms with Crippen molar-refractivity contribution in [1.82, 2.24) is 14.9 Å². The number of nitrogens with zero attached hydrogens (tertiary/aromatic N) is 3. The van der Waals surface area contributed by atoms with E-state index in [1.54, 1.807) is 19.4 Å². The minimum absolute atomic E-state index is 0.119. The number of methoxy groups -OCH3 is 1. The van der Waals surface area contributed by atoms with Crippen molar-refractivity contribution >= 4 is 16.9 Å². The van der Waals surface area contributed by atoms with Gasteiger partial charge in [0.15, 0.2) is 12.1 Å². The average Bonchev–Trinajstić information content (AvgIpc) is 3.39. The number of carboxylic acid groups (broad SMARTS) is 1. The highest BCUT2D eigenvalue weighted by molar-refractivity contribution is 5.83. The predicted octanol–water partition coefficient (Wildman–Crippen LogP) is 4.88. The van der Waals surface area contributed by atoms with Crippen molar-refractivity contribution in [2.24, 2.45) is 11.8 Å². The Morgan fingerprint density at radius 2 is 2.20 bits per heavy atom. The van der Waals surface area contributed by atoms with E-state index in [0.717, 1.165) is 30.4 Å². The molecule has 2 aromatic heterocycles. The van der Waals surface area contributed by atoms with Crippen molar-refractivity contribution in [2.75, 3.05) is 26.7 Å². The van der Waals surface area contributed by atoms with Gasteiger partial charge in [-0.1, -0.05) is 5.92 Å². The van der Waals surface area contributed by atoms with Gasteiger partial charge < -0.3 is 14.3 Å². The molecule has 1 saturated heterocycles. The van der Waals surface area contributed by atoms with Crippen LogP contribution in [0.15, 0.2) is 47.5 Å². The van der Waals surface area contributed by atoms with E-state index in [0.29, 0.717) is 42.8 Å². The summed E-state index contributed by atoms with van der Waals surface area (Å²) in [7, 11) is 1.59. The zero-order chi connectivity index (χ0) is 24.6. The van der Waals surface area contributed by atoms with Crippen molar-refractivity contribution in [3.8, 4) is 17.6 Å². The molecular weight excluding hydrogens is 449 g/mol. The van der Waals surface area contributed by atoms with Crippen LogP contribution in [0.3, 0.4) is 0 Å². The van der Waals surface area contributed by atoms with Crippen molar-refractivity contribution in [3.63, 3.8) is 0 Å². The summed E-state index contributed by atoms with van der Waals surface area (Å²) in [5.41, 5.74) is 1.96. The number of piperidine rings is 1. The van der Waals surface area contributed by atoms with Crippen LogP contribution in [0.25, 0.3) is 10.9 Å². The maximum Gasteiger partial charge on any atom is 0.303 e. The van der Waals surface area contributed by atoms with Gasteiger partial charge in [0.2, 0.25) is 0 Å². The number of oxazole rings is 1. The number of likely N-dealkylation sites (tertiary alicyclic amines) is 1. The van der Waals surface area contributed by atoms with E-state index in [-0.39, 0.29) is 18.3 Å². The number of carbonyl (C=O) groups is 1. The molecule has 0 unspecified atom stereocenters. The number of pyridine rings is 1. The van der Waals surface area contributed by atoms with Crippen LogP contribution in [0.5, 0.6) is 5.75 Å². The summed E-state index contributed by atoms with van der Waals surface area (Å²) < 4.78 is 25.7. The Balaban J connectivity index is 1.39. The molecule has 0 spiro atoms. The van der Waals surface area contributed by atoms with Gasteiger partial charge >= 0.3 is 5.97 Å². The number of halogens is 1. The van der Waals surface area contributed by atoms with Crippen LogP contribution in [0.2, 0.25) is 0 Å². The van der Waals surface area contributed by atoms with Gasteiger partial charge in [-0.15, -0.1) is 0 Å². The summed E-state index contributed by atoms with van der Waals surface area (Å²) >= 11 is 0. The van der Waals surface area contributed by atoms with Crippen LogP contribution in [-0.2, 0) is 4.79 Å². The standard InChI is InChI=1S/C27H30FN3O4/c1-34-22-6-8-26-24(15-22)23(10-12-29-26)25(28)7-4-19-11-14-31(16-20(19)5-9-27(32)33)13-2-3-21-17-35-18-30-21/h6,8,10,12,15,17-20,25H,4-5,7,9,11,13-14,16H2,1H3,(H,32,33)/t19-,20-,25-/m1/s1. The first kappa shape index (κ1) is 24.7. The van der Waals surface area contributed by atoms with Crippen molar-refractivity contribution in [3.05, 3.63) is 54.4 Å². The minimum Gasteiger partial charge on any atom is -0.497 e. The van der Waals surface area contributed by atoms with Crippen LogP contribution in [0.4, 0.5) is 4.39 Å². The largest absolute Gasteiger partial charge is 0.497 e. The number of hydrogen-bond donors (Lipinski definition) is 1. The van der Waals surface area contributed by atoms with E-state index in [1.165, 1.54) is 12.7 Å². The second kappa shape index (κ2) is 11.8. The Morgan fingerprint density at radius 1 is 1.31 bits per heavy atom. The molecule has 1 N–H and O–H groups in total. The van der Waals surface area contributed by atoms with Crippen molar-refractivity contribution in [1.29, 1.82) is 0 Å². The molecule has 0 bridgehead atoms. The summed E-state index contributed by atoms with van der Waals surface area (Å²) in [6.45, 7) is 2.20. The first-order valence-corrected chi connectivity index (χ1v) is 11.9. The number of ether oxygens (including phenoxy) is 1. The number of aliphatic carboxylic acids is 1. The number of fused-ring (bicyclic) bond motifs is 1. The smallest absolute Gasteiger partial charge is 0.303 e. The van der Waals surface area contributed by atoms with Crippen molar-refractivity contribution in [2.45, 2.75) is 38.3 Å². The molecular formula is C27H30FN3O4. The fourth-order valence-electron chi connectivity index (χ4n) is 4.89. The monoisotopic (exact) mass is 479 g/mol. The van der Waals surface area contributed by atoms with E-state index < -0.39 is 12.1 Å². The lowest BCUT2D eigenvalue weighted by molar-refractivity contribution is -0.137. The third-order valence-electron chi connectivity index (χ3n) is 6.77. The van der Waals surface area contributed by atoms with Gasteiger partial charge in [0.1, 0.15) is 18.2 Å². The molecule has 184 valence electrons. The molecule has 0 amide bonds. The molecule has 35 heavy (non-hydrogen) atoms. The van der Waals surface area contributed by atoms with E-state index in [1.807, 2.05) is 18.2 Å². The van der Waals surface area contributed by atoms with Gasteiger partial charge in [-0.05, 0) is 79.8 Å². The molecule has 4 rings (SSSR count). The Morgan fingerprint density at radius 3 is 2.97 bits per heavy atom. The molecule has 8 heteroatoms. The third kappa shape index (κ3) is 6.58. The fraction of sp³-hybridized carbons (Fsp3) is 0.444. The number of alkyl halides is 1. The number of hydrogen-bond acceptors (Lipinski definition) is 6. The second-order valence-corrected chi connectivity index (χ2v) is 8.98. The summed E-state index contributed by atoms with van der Waals surface area (Å²) in [5.74, 6) is 6.43. The lowest BCUT2D eigenvalue weighted by Gasteiger charge is -2.38. The SMILES string of the molecule is COc1ccc2nccc([C@H](F)CC[C@@H]3CCN(CC#Cc4cocn4)C[C@H]3CCC(=O)O)c2c1. The average molecular weight is 480 g/mol. The number of carboxylic acids is 1. The van der Waals surface area contributed by atoms with E-state index in [4.69, 9.17) is 9.15 Å². The highest BCUT2D eigenvalue weighted by Crippen LogP contribution is 2.36. The van der Waals surface area contributed by atoms with E-state index >= 15 is 4.39 Å². The van der Waals surface area contributed by atoms with Crippen molar-refractivity contribution < 1.29 is 23.4 Å². The second-order valence-electron chi connectivity index (χ2n) is 8.98. The maximum atomic E-state index is 15.5. The molecule has 1 fully saturated rings. The number of benzene rings is 1. The Kier molecular flexibility index (Phi) is 8.32. The Labute approximate surface area is 204 Å². The minimum atomic E-state index is -1.13. The highest BCUT2D eigenvalue weighted by atomic mass is 19.1. The van der Waals surface area contributed by atoms with Gasteiger partial charge in [-0.25, -0.2) is 9.37 Å². The van der Waals surface area contributed by atoms with Gasteiger partial charge in [0.25, 0.3) is 0 Å². The lowest BCUT2D eigenvalue weighted by Crippen LogP contribution is -2.41. The Hall–Kier alpha value is -3.44. The molecule has 7 nitrogen and oxygen atoms in total. The number of aromatic nitrogens is 2. The summed E-state index contributed by atoms with van der Waals surface area (Å²) in [6, 6.07) is 7.24. The molecule has 1 aromatic carbocycles. The van der Waals surface area contributed by atoms with E-state index in [9.17, 15) is 9.90 Å². The maximum absolute atomic E-state index is 15.5. The quantitative estimate of drug-likeness (QED) is 0.438. The molecule has 3 atom stereocenters. The molecule has 0 radical (unpaired) electrons. The molecule has 0 aliphatic carbocycles. The summed E-state index contributed by atoms with van der Waals surface area (Å²) in [5, 5.41) is 9.99. The highest BCUT2D eigenvalue weighted by Gasteiger charge is 2.30. The third-order valence-corrected chi connectivity index (χ3v) is 6.77. The van der Waals surface area contributed by atoms with Gasteiger partial charge in [-0.3, -0.25) is 14.7 Å². The number of rotatable bonds is 9. The van der Waals surface area contributed by atoms with Crippen LogP contribution in [0, 0.1) is 23.7 Å². The first-order chi connectivity index (χ1) is 17.0. The van der Waals surface area contributed by atoms with Crippen LogP contribution in [-0.4, -0.2) is 52.7 Å². The fourth-order valence-corrected chi connectivity index (χ4v) is 4.89. The summed E-state index contributed by atoms with van der Waals surface area (Å²) in [4.78, 5) is 21.8. The van der Waals surface area contributed by atoms with Crippen LogP contribution < -0.4 is 4.74 Å². The predicted molar refractivity (Wildman–Crippen MR) is 130 cm³/mol. The van der Waals surface area contributed by atoms with Gasteiger partial charge in [0, 0.05) is 24.5 Å². The van der Waals surface area contributed by atoms with E-state index in [2.05, 4.69) is 26.7 Å². The topological polar surface area (TPSA) is 88.7 Å². The zero-order valence-corrected chi connectivity index (χ0v) is 19.8. The molecule has 1 aliphatic rings. The zero-order valence-electron chi connectivity index (χ0n) is 19.8. The molecule has 0 saturated carbocycles. The van der Waals surface area contributed by atoms with Crippen LogP contribution >= 0.6 is 0 Å².